The summed E-state index contributed by atoms with van der Waals surface area (Å²) >= 11 is 6.70. The lowest BCUT2D eigenvalue weighted by molar-refractivity contribution is -0.131. The summed E-state index contributed by atoms with van der Waals surface area (Å²) in [6.07, 6.45) is 3.42. The number of ether oxygens (including phenoxy) is 1. The molecule has 1 aromatic heterocycles. The van der Waals surface area contributed by atoms with E-state index >= 15 is 0 Å². The Balaban J connectivity index is 1.18. The van der Waals surface area contributed by atoms with Crippen LogP contribution in [0.25, 0.3) is 15.6 Å². The van der Waals surface area contributed by atoms with Gasteiger partial charge in [0.15, 0.2) is 5.83 Å². The average Bonchev–Trinajstić information content (AvgIpc) is 2.98. The number of amides is 1. The molecule has 4 fully saturated rings. The van der Waals surface area contributed by atoms with Crippen molar-refractivity contribution in [1.29, 1.82) is 0 Å². The molecule has 3 saturated carbocycles. The third-order valence-electron chi connectivity index (χ3n) is 10.1. The molecule has 2 aliphatic heterocycles. The monoisotopic (exact) mass is 629 g/mol. The summed E-state index contributed by atoms with van der Waals surface area (Å²) in [5.74, 6) is 0.675. The molecule has 2 aromatic carbocycles. The fraction of sp³-hybridized carbons (Fsp3) is 0.471. The van der Waals surface area contributed by atoms with Gasteiger partial charge < -0.3 is 24.3 Å². The second-order valence-corrected chi connectivity index (χ2v) is 13.1. The van der Waals surface area contributed by atoms with Crippen LogP contribution in [0.2, 0.25) is 5.02 Å². The van der Waals surface area contributed by atoms with E-state index < -0.39 is 17.8 Å². The Morgan fingerprint density at radius 3 is 2.64 bits per heavy atom. The zero-order valence-corrected chi connectivity index (χ0v) is 26.2. The van der Waals surface area contributed by atoms with Gasteiger partial charge in [-0.15, -0.1) is 0 Å². The minimum Gasteiger partial charge on any atom is -0.462 e. The first kappa shape index (κ1) is 29.8. The van der Waals surface area contributed by atoms with Gasteiger partial charge in [0.1, 0.15) is 18.5 Å². The topological polar surface area (TPSA) is 69.4 Å². The van der Waals surface area contributed by atoms with Crippen LogP contribution in [0.5, 0.6) is 6.01 Å². The van der Waals surface area contributed by atoms with Crippen molar-refractivity contribution in [3.05, 3.63) is 76.5 Å². The maximum atomic E-state index is 13.8. The third kappa shape index (κ3) is 5.46. The molecule has 1 atom stereocenters. The molecule has 2 bridgehead atoms. The Morgan fingerprint density at radius 1 is 1.16 bits per heavy atom. The third-order valence-corrected chi connectivity index (χ3v) is 10.4. The number of carbonyl (C=O) groups is 1. The minimum atomic E-state index is -1.01. The molecule has 0 spiro atoms. The number of likely N-dealkylation sites (N-methyl/N-ethyl adjacent to an activating group) is 1. The van der Waals surface area contributed by atoms with Gasteiger partial charge in [0.2, 0.25) is 6.54 Å². The van der Waals surface area contributed by atoms with Crippen LogP contribution in [0, 0.1) is 18.4 Å². The average molecular weight is 630 g/mol. The van der Waals surface area contributed by atoms with Crippen LogP contribution < -0.4 is 14.5 Å². The summed E-state index contributed by atoms with van der Waals surface area (Å²) in [7, 11) is 2.17. The van der Waals surface area contributed by atoms with Crippen LogP contribution in [-0.2, 0) is 17.8 Å². The molecule has 0 unspecified atom stereocenters. The lowest BCUT2D eigenvalue weighted by Crippen LogP contribution is -2.63. The molecular weight excluding hydrogens is 593 g/mol. The highest BCUT2D eigenvalue weighted by molar-refractivity contribution is 6.36. The quantitative estimate of drug-likeness (QED) is 0.244. The largest absolute Gasteiger partial charge is 0.462 e. The smallest absolute Gasteiger partial charge is 0.318 e. The van der Waals surface area contributed by atoms with E-state index in [2.05, 4.69) is 57.4 Å². The minimum absolute atomic E-state index is 0.0667. The predicted octanol–water partition coefficient (Wildman–Crippen LogP) is 4.98. The van der Waals surface area contributed by atoms with Crippen molar-refractivity contribution in [2.75, 3.05) is 62.7 Å². The summed E-state index contributed by atoms with van der Waals surface area (Å²) in [6.45, 7) is 14.4. The van der Waals surface area contributed by atoms with Crippen molar-refractivity contribution in [2.24, 2.45) is 11.8 Å². The van der Waals surface area contributed by atoms with Crippen molar-refractivity contribution in [2.45, 2.75) is 37.9 Å². The van der Waals surface area contributed by atoms with E-state index in [1.807, 2.05) is 12.1 Å². The SMILES string of the molecule is [C-]#[N+]C[C@H]1CN(c2nc(OCCN(C)C3C4CC3C4)nc3c2CCN(c2cccc4cccc(Cl)c24)C3)CCN1C(=O)C(=C)F. The van der Waals surface area contributed by atoms with E-state index in [4.69, 9.17) is 32.9 Å². The number of halogens is 2. The van der Waals surface area contributed by atoms with Gasteiger partial charge in [-0.3, -0.25) is 9.69 Å². The summed E-state index contributed by atoms with van der Waals surface area (Å²) in [5, 5.41) is 2.81. The molecular formula is C34H37ClFN7O2. The van der Waals surface area contributed by atoms with E-state index in [1.165, 1.54) is 17.7 Å². The van der Waals surface area contributed by atoms with Crippen molar-refractivity contribution >= 4 is 39.8 Å². The maximum Gasteiger partial charge on any atom is 0.318 e. The molecule has 1 amide bonds. The van der Waals surface area contributed by atoms with Gasteiger partial charge in [-0.1, -0.05) is 42.4 Å². The number of hydrogen-bond donors (Lipinski definition) is 0. The Hall–Kier alpha value is -3.94. The Kier molecular flexibility index (Phi) is 8.00. The molecule has 3 heterocycles. The van der Waals surface area contributed by atoms with Crippen molar-refractivity contribution in [3.63, 3.8) is 0 Å². The molecule has 3 aromatic rings. The summed E-state index contributed by atoms with van der Waals surface area (Å²) in [4.78, 5) is 34.2. The number of rotatable bonds is 9. The number of nitrogens with zero attached hydrogens (tertiary/aromatic N) is 7. The molecule has 11 heteroatoms. The van der Waals surface area contributed by atoms with Crippen molar-refractivity contribution in [3.8, 4) is 6.01 Å². The highest BCUT2D eigenvalue weighted by Gasteiger charge is 2.53. The number of carbonyl (C=O) groups excluding carboxylic acids is 1. The van der Waals surface area contributed by atoms with E-state index in [9.17, 15) is 9.18 Å². The normalized spacial score (nSPS) is 23.7. The predicted molar refractivity (Wildman–Crippen MR) is 173 cm³/mol. The first-order chi connectivity index (χ1) is 21.8. The van der Waals surface area contributed by atoms with Crippen LogP contribution in [-0.4, -0.2) is 90.7 Å². The van der Waals surface area contributed by atoms with Crippen LogP contribution in [0.15, 0.2) is 48.8 Å². The number of aromatic nitrogens is 2. The standard InChI is InChI=1S/C34H37ClFN7O2/c1-21(36)33(44)43-13-12-42(19-25(43)18-37-2)32-26-10-11-41(29-9-5-7-22-6-4-8-27(35)30(22)29)20-28(26)38-34(39-32)45-15-14-40(3)31-23-16-24(31)17-23/h4-9,23-25,31H,1,10-20H2,3H3/t23?,24?,25-,31?/m0/s1. The molecule has 1 saturated heterocycles. The highest BCUT2D eigenvalue weighted by Crippen LogP contribution is 2.55. The number of fused-ring (bicyclic) bond motifs is 2. The van der Waals surface area contributed by atoms with Crippen LogP contribution in [0.3, 0.4) is 0 Å². The van der Waals surface area contributed by atoms with Crippen molar-refractivity contribution < 1.29 is 13.9 Å². The van der Waals surface area contributed by atoms with Gasteiger partial charge in [-0.05, 0) is 55.7 Å². The first-order valence-electron chi connectivity index (χ1n) is 15.7. The molecule has 5 aliphatic rings. The van der Waals surface area contributed by atoms with E-state index in [-0.39, 0.29) is 13.1 Å². The van der Waals surface area contributed by atoms with E-state index in [1.54, 1.807) is 0 Å². The summed E-state index contributed by atoms with van der Waals surface area (Å²) < 4.78 is 20.1. The molecule has 234 valence electrons. The Morgan fingerprint density at radius 2 is 1.93 bits per heavy atom. The van der Waals surface area contributed by atoms with Crippen LogP contribution >= 0.6 is 11.6 Å². The molecule has 0 radical (unpaired) electrons. The molecule has 8 rings (SSSR count). The second kappa shape index (κ2) is 12.1. The van der Waals surface area contributed by atoms with E-state index in [0.29, 0.717) is 49.7 Å². The highest BCUT2D eigenvalue weighted by atomic mass is 35.5. The number of piperazine rings is 1. The van der Waals surface area contributed by atoms with Gasteiger partial charge in [0, 0.05) is 55.4 Å². The van der Waals surface area contributed by atoms with Gasteiger partial charge in [0.25, 0.3) is 5.91 Å². The Labute approximate surface area is 268 Å². The molecule has 3 aliphatic carbocycles. The van der Waals surface area contributed by atoms with Gasteiger partial charge in [-0.25, -0.2) is 11.0 Å². The molecule has 45 heavy (non-hydrogen) atoms. The lowest BCUT2D eigenvalue weighted by Gasteiger charge is -2.61. The van der Waals surface area contributed by atoms with Crippen LogP contribution in [0.4, 0.5) is 15.9 Å². The maximum absolute atomic E-state index is 13.8. The number of hydrogen-bond acceptors (Lipinski definition) is 7. The fourth-order valence-corrected chi connectivity index (χ4v) is 7.88. The number of benzene rings is 2. The zero-order valence-electron chi connectivity index (χ0n) is 25.5. The van der Waals surface area contributed by atoms with Crippen molar-refractivity contribution in [1.82, 2.24) is 19.8 Å². The first-order valence-corrected chi connectivity index (χ1v) is 16.1. The Bertz CT molecular complexity index is 1680. The van der Waals surface area contributed by atoms with Gasteiger partial charge in [0.05, 0.1) is 17.3 Å². The van der Waals surface area contributed by atoms with E-state index in [0.717, 1.165) is 58.5 Å². The summed E-state index contributed by atoms with van der Waals surface area (Å²) in [6, 6.07) is 12.7. The van der Waals surface area contributed by atoms with Gasteiger partial charge >= 0.3 is 6.01 Å². The molecule has 9 nitrogen and oxygen atoms in total. The molecule has 0 N–H and O–H groups in total. The fourth-order valence-electron chi connectivity index (χ4n) is 7.60. The number of anilines is 2. The zero-order chi connectivity index (χ0) is 31.2. The second-order valence-electron chi connectivity index (χ2n) is 12.7. The van der Waals surface area contributed by atoms with Crippen LogP contribution in [0.1, 0.15) is 24.1 Å². The summed E-state index contributed by atoms with van der Waals surface area (Å²) in [5.41, 5.74) is 2.98. The lowest BCUT2D eigenvalue weighted by atomic mass is 9.51. The van der Waals surface area contributed by atoms with Gasteiger partial charge in [-0.2, -0.15) is 9.97 Å².